The molecular formula is C61H110O6. The lowest BCUT2D eigenvalue weighted by Crippen LogP contribution is -2.30. The maximum atomic E-state index is 12.8. The zero-order valence-electron chi connectivity index (χ0n) is 44.7. The number of carbonyl (C=O) groups is 3. The van der Waals surface area contributed by atoms with Crippen LogP contribution in [0.1, 0.15) is 303 Å². The van der Waals surface area contributed by atoms with Gasteiger partial charge in [-0.15, -0.1) is 0 Å². The Balaban J connectivity index is 4.39. The second-order valence-corrected chi connectivity index (χ2v) is 19.6. The lowest BCUT2D eigenvalue weighted by atomic mass is 10.0. The maximum absolute atomic E-state index is 12.8. The molecule has 0 aromatic carbocycles. The van der Waals surface area contributed by atoms with Gasteiger partial charge in [-0.25, -0.2) is 0 Å². The summed E-state index contributed by atoms with van der Waals surface area (Å²) in [5.41, 5.74) is 0. The number of allylic oxidation sites excluding steroid dienone is 8. The average molecular weight is 940 g/mol. The van der Waals surface area contributed by atoms with Gasteiger partial charge in [-0.1, -0.05) is 275 Å². The van der Waals surface area contributed by atoms with Crippen molar-refractivity contribution in [3.8, 4) is 0 Å². The van der Waals surface area contributed by atoms with E-state index in [2.05, 4.69) is 69.4 Å². The quantitative estimate of drug-likeness (QED) is 0.0262. The zero-order chi connectivity index (χ0) is 48.6. The summed E-state index contributed by atoms with van der Waals surface area (Å²) in [5, 5.41) is 0. The molecular weight excluding hydrogens is 829 g/mol. The summed E-state index contributed by atoms with van der Waals surface area (Å²) < 4.78 is 16.8. The van der Waals surface area contributed by atoms with Gasteiger partial charge in [-0.2, -0.15) is 0 Å². The molecule has 0 amide bonds. The lowest BCUT2D eigenvalue weighted by molar-refractivity contribution is -0.167. The van der Waals surface area contributed by atoms with Gasteiger partial charge in [-0.3, -0.25) is 14.4 Å². The number of carbonyl (C=O) groups excluding carboxylic acids is 3. The first-order valence-corrected chi connectivity index (χ1v) is 29.1. The fraction of sp³-hybridized carbons (Fsp3) is 0.820. The van der Waals surface area contributed by atoms with Gasteiger partial charge in [0.25, 0.3) is 0 Å². The van der Waals surface area contributed by atoms with E-state index in [4.69, 9.17) is 14.2 Å². The van der Waals surface area contributed by atoms with Crippen molar-refractivity contribution < 1.29 is 28.6 Å². The van der Waals surface area contributed by atoms with Crippen LogP contribution in [-0.4, -0.2) is 37.2 Å². The van der Waals surface area contributed by atoms with Gasteiger partial charge >= 0.3 is 17.9 Å². The van der Waals surface area contributed by atoms with E-state index < -0.39 is 6.10 Å². The van der Waals surface area contributed by atoms with Crippen molar-refractivity contribution in [2.24, 2.45) is 0 Å². The van der Waals surface area contributed by atoms with Gasteiger partial charge < -0.3 is 14.2 Å². The summed E-state index contributed by atoms with van der Waals surface area (Å²) in [6, 6.07) is 0. The van der Waals surface area contributed by atoms with Crippen molar-refractivity contribution in [3.63, 3.8) is 0 Å². The van der Waals surface area contributed by atoms with E-state index in [-0.39, 0.29) is 37.5 Å². The SMILES string of the molecule is CCCCC/C=C\C/C=C\C/C=C\C/C=C\CCCC(=O)OC(COC(=O)CCCCCCCCCCCCCCC)COC(=O)CCCCCCCCCCCCCCCCCCCCC. The molecule has 1 unspecified atom stereocenters. The smallest absolute Gasteiger partial charge is 0.306 e. The van der Waals surface area contributed by atoms with Crippen molar-refractivity contribution in [1.29, 1.82) is 0 Å². The number of unbranched alkanes of at least 4 members (excludes halogenated alkanes) is 34. The zero-order valence-corrected chi connectivity index (χ0v) is 44.7. The molecule has 67 heavy (non-hydrogen) atoms. The molecule has 6 nitrogen and oxygen atoms in total. The topological polar surface area (TPSA) is 78.9 Å². The molecule has 0 aliphatic heterocycles. The molecule has 0 fully saturated rings. The molecule has 1 atom stereocenters. The summed E-state index contributed by atoms with van der Waals surface area (Å²) in [7, 11) is 0. The van der Waals surface area contributed by atoms with Gasteiger partial charge in [0.05, 0.1) is 0 Å². The Kier molecular flexibility index (Phi) is 53.8. The molecule has 0 N–H and O–H groups in total. The molecule has 0 radical (unpaired) electrons. The molecule has 0 rings (SSSR count). The fourth-order valence-electron chi connectivity index (χ4n) is 8.44. The highest BCUT2D eigenvalue weighted by Gasteiger charge is 2.19. The van der Waals surface area contributed by atoms with Crippen molar-refractivity contribution in [2.75, 3.05) is 13.2 Å². The highest BCUT2D eigenvalue weighted by molar-refractivity contribution is 5.71. The molecule has 0 aliphatic rings. The number of ether oxygens (including phenoxy) is 3. The summed E-state index contributed by atoms with van der Waals surface area (Å²) >= 11 is 0. The van der Waals surface area contributed by atoms with Crippen molar-refractivity contribution in [3.05, 3.63) is 48.6 Å². The van der Waals surface area contributed by atoms with Gasteiger partial charge in [0, 0.05) is 19.3 Å². The lowest BCUT2D eigenvalue weighted by Gasteiger charge is -2.18. The Labute approximate surface area is 416 Å². The maximum Gasteiger partial charge on any atom is 0.306 e. The van der Waals surface area contributed by atoms with Crippen LogP contribution in [0.4, 0.5) is 0 Å². The van der Waals surface area contributed by atoms with Gasteiger partial charge in [-0.05, 0) is 57.8 Å². The van der Waals surface area contributed by atoms with E-state index in [1.165, 1.54) is 193 Å². The van der Waals surface area contributed by atoms with Gasteiger partial charge in [0.1, 0.15) is 13.2 Å². The minimum absolute atomic E-state index is 0.0904. The molecule has 0 spiro atoms. The van der Waals surface area contributed by atoms with Crippen molar-refractivity contribution in [2.45, 2.75) is 309 Å². The number of rotatable bonds is 53. The first kappa shape index (κ1) is 64.4. The van der Waals surface area contributed by atoms with E-state index >= 15 is 0 Å². The second-order valence-electron chi connectivity index (χ2n) is 19.6. The molecule has 0 aromatic rings. The molecule has 6 heteroatoms. The van der Waals surface area contributed by atoms with Gasteiger partial charge in [0.15, 0.2) is 6.10 Å². The molecule has 0 aliphatic carbocycles. The minimum Gasteiger partial charge on any atom is -0.462 e. The predicted octanol–water partition coefficient (Wildman–Crippen LogP) is 19.4. The molecule has 0 aromatic heterocycles. The highest BCUT2D eigenvalue weighted by atomic mass is 16.6. The number of hydrogen-bond acceptors (Lipinski definition) is 6. The fourth-order valence-corrected chi connectivity index (χ4v) is 8.44. The molecule has 390 valence electrons. The summed E-state index contributed by atoms with van der Waals surface area (Å²) in [5.74, 6) is -0.930. The third kappa shape index (κ3) is 54.2. The largest absolute Gasteiger partial charge is 0.462 e. The van der Waals surface area contributed by atoms with Crippen LogP contribution in [-0.2, 0) is 28.6 Å². The highest BCUT2D eigenvalue weighted by Crippen LogP contribution is 2.17. The Morgan fingerprint density at radius 1 is 0.299 bits per heavy atom. The van der Waals surface area contributed by atoms with Crippen molar-refractivity contribution in [1.82, 2.24) is 0 Å². The molecule has 0 bridgehead atoms. The van der Waals surface area contributed by atoms with E-state index in [1.54, 1.807) is 0 Å². The monoisotopic (exact) mass is 939 g/mol. The van der Waals surface area contributed by atoms with Crippen LogP contribution in [0, 0.1) is 0 Å². The van der Waals surface area contributed by atoms with Crippen molar-refractivity contribution >= 4 is 17.9 Å². The van der Waals surface area contributed by atoms with Crippen LogP contribution in [0.2, 0.25) is 0 Å². The number of hydrogen-bond donors (Lipinski definition) is 0. The molecule has 0 saturated carbocycles. The van der Waals surface area contributed by atoms with E-state index in [9.17, 15) is 14.4 Å². The normalized spacial score (nSPS) is 12.3. The molecule has 0 heterocycles. The second kappa shape index (κ2) is 56.0. The van der Waals surface area contributed by atoms with Crippen LogP contribution >= 0.6 is 0 Å². The van der Waals surface area contributed by atoms with Gasteiger partial charge in [0.2, 0.25) is 0 Å². The standard InChI is InChI=1S/C61H110O6/c1-4-7-10-13-16-19-22-25-27-29-30-32-33-36-39-42-45-48-51-54-60(63)66-57-58(56-65-59(62)53-50-47-44-41-38-35-24-21-18-15-12-9-6-3)67-61(64)55-52-49-46-43-40-37-34-31-28-26-23-20-17-14-11-8-5-2/h17,20,26,28,34,37,43,46,58H,4-16,18-19,21-25,27,29-33,35-36,38-42,44-45,47-57H2,1-3H3/b20-17-,28-26-,37-34-,46-43-. The molecule has 0 saturated heterocycles. The Bertz CT molecular complexity index is 1170. The summed E-state index contributed by atoms with van der Waals surface area (Å²) in [6.07, 6.45) is 68.2. The van der Waals surface area contributed by atoms with E-state index in [0.717, 1.165) is 64.2 Å². The minimum atomic E-state index is -0.798. The van der Waals surface area contributed by atoms with Crippen LogP contribution in [0.15, 0.2) is 48.6 Å². The van der Waals surface area contributed by atoms with Crippen LogP contribution in [0.3, 0.4) is 0 Å². The summed E-state index contributed by atoms with van der Waals surface area (Å²) in [6.45, 7) is 6.60. The first-order chi connectivity index (χ1) is 33.0. The van der Waals surface area contributed by atoms with Crippen LogP contribution in [0.25, 0.3) is 0 Å². The van der Waals surface area contributed by atoms with E-state index in [1.807, 2.05) is 0 Å². The Morgan fingerprint density at radius 2 is 0.552 bits per heavy atom. The third-order valence-corrected chi connectivity index (χ3v) is 12.8. The van der Waals surface area contributed by atoms with Crippen LogP contribution < -0.4 is 0 Å². The average Bonchev–Trinajstić information content (AvgIpc) is 3.33. The summed E-state index contributed by atoms with van der Waals surface area (Å²) in [4.78, 5) is 38.1. The Morgan fingerprint density at radius 3 is 0.881 bits per heavy atom. The Hall–Kier alpha value is -2.63. The third-order valence-electron chi connectivity index (χ3n) is 12.8. The van der Waals surface area contributed by atoms with Crippen LogP contribution in [0.5, 0.6) is 0 Å². The predicted molar refractivity (Wildman–Crippen MR) is 289 cm³/mol. The van der Waals surface area contributed by atoms with E-state index in [0.29, 0.717) is 19.3 Å². The first-order valence-electron chi connectivity index (χ1n) is 29.1. The number of esters is 3.